The summed E-state index contributed by atoms with van der Waals surface area (Å²) in [6.45, 7) is 4.64. The van der Waals surface area contributed by atoms with Crippen LogP contribution in [0.1, 0.15) is 22.3 Å². The molecule has 0 unspecified atom stereocenters. The minimum atomic E-state index is 0.326. The van der Waals surface area contributed by atoms with Gasteiger partial charge in [0.1, 0.15) is 0 Å². The molecule has 0 aromatic heterocycles. The van der Waals surface area contributed by atoms with Crippen molar-refractivity contribution in [2.45, 2.75) is 26.7 Å². The fourth-order valence-corrected chi connectivity index (χ4v) is 2.14. The summed E-state index contributed by atoms with van der Waals surface area (Å²) in [7, 11) is 0. The van der Waals surface area contributed by atoms with E-state index in [0.29, 0.717) is 12.5 Å². The summed E-state index contributed by atoms with van der Waals surface area (Å²) in [6, 6.07) is 4.56. The van der Waals surface area contributed by atoms with Gasteiger partial charge in [-0.3, -0.25) is 0 Å². The molecule has 0 amide bonds. The van der Waals surface area contributed by atoms with Crippen molar-refractivity contribution in [3.63, 3.8) is 0 Å². The third-order valence-electron chi connectivity index (χ3n) is 3.09. The molecule has 1 aromatic carbocycles. The van der Waals surface area contributed by atoms with Crippen LogP contribution >= 0.6 is 0 Å². The van der Waals surface area contributed by atoms with Gasteiger partial charge in [0.15, 0.2) is 0 Å². The van der Waals surface area contributed by atoms with Gasteiger partial charge in [0, 0.05) is 6.61 Å². The van der Waals surface area contributed by atoms with E-state index in [1.165, 1.54) is 22.3 Å². The zero-order chi connectivity index (χ0) is 9.42. The normalized spacial score (nSPS) is 16.2. The molecule has 0 spiro atoms. The maximum atomic E-state index is 9.08. The highest BCUT2D eigenvalue weighted by atomic mass is 16.3. The smallest absolute Gasteiger partial charge is 0.0465 e. The maximum Gasteiger partial charge on any atom is 0.0465 e. The van der Waals surface area contributed by atoms with Gasteiger partial charge in [-0.15, -0.1) is 0 Å². The van der Waals surface area contributed by atoms with Crippen molar-refractivity contribution in [2.75, 3.05) is 6.61 Å². The van der Waals surface area contributed by atoms with Crippen LogP contribution in [0.5, 0.6) is 0 Å². The molecule has 0 saturated carbocycles. The van der Waals surface area contributed by atoms with Crippen LogP contribution in [0.3, 0.4) is 0 Å². The van der Waals surface area contributed by atoms with Crippen LogP contribution < -0.4 is 0 Å². The number of rotatable bonds is 1. The Labute approximate surface area is 79.4 Å². The molecule has 0 fully saturated rings. The lowest BCUT2D eigenvalue weighted by Gasteiger charge is -2.03. The van der Waals surface area contributed by atoms with Gasteiger partial charge in [-0.25, -0.2) is 0 Å². The Bertz CT molecular complexity index is 297. The summed E-state index contributed by atoms with van der Waals surface area (Å²) in [5, 5.41) is 9.08. The highest BCUT2D eigenvalue weighted by Gasteiger charge is 2.20. The van der Waals surface area contributed by atoms with Gasteiger partial charge in [-0.2, -0.15) is 0 Å². The molecule has 0 radical (unpaired) electrons. The van der Waals surface area contributed by atoms with Gasteiger partial charge in [0.2, 0.25) is 0 Å². The number of fused-ring (bicyclic) bond motifs is 1. The van der Waals surface area contributed by atoms with Gasteiger partial charge in [-0.05, 0) is 54.9 Å². The largest absolute Gasteiger partial charge is 0.396 e. The van der Waals surface area contributed by atoms with Crippen molar-refractivity contribution in [1.82, 2.24) is 0 Å². The zero-order valence-electron chi connectivity index (χ0n) is 8.30. The highest BCUT2D eigenvalue weighted by Crippen LogP contribution is 2.28. The molecule has 0 heterocycles. The summed E-state index contributed by atoms with van der Waals surface area (Å²) in [5.41, 5.74) is 5.64. The second-order valence-corrected chi connectivity index (χ2v) is 4.16. The quantitative estimate of drug-likeness (QED) is 0.694. The number of hydrogen-bond acceptors (Lipinski definition) is 1. The minimum Gasteiger partial charge on any atom is -0.396 e. The first kappa shape index (κ1) is 8.76. The molecular formula is C12H16O. The van der Waals surface area contributed by atoms with E-state index in [1.54, 1.807) is 0 Å². The summed E-state index contributed by atoms with van der Waals surface area (Å²) < 4.78 is 0. The van der Waals surface area contributed by atoms with Crippen molar-refractivity contribution >= 4 is 0 Å². The SMILES string of the molecule is Cc1cc2c(cc1C)CC(CO)C2. The molecular weight excluding hydrogens is 160 g/mol. The van der Waals surface area contributed by atoms with E-state index in [2.05, 4.69) is 26.0 Å². The van der Waals surface area contributed by atoms with Crippen molar-refractivity contribution in [3.8, 4) is 0 Å². The van der Waals surface area contributed by atoms with Crippen LogP contribution in [0.4, 0.5) is 0 Å². The van der Waals surface area contributed by atoms with E-state index in [4.69, 9.17) is 5.11 Å². The van der Waals surface area contributed by atoms with E-state index in [-0.39, 0.29) is 0 Å². The van der Waals surface area contributed by atoms with Crippen molar-refractivity contribution < 1.29 is 5.11 Å². The number of aliphatic hydroxyl groups excluding tert-OH is 1. The topological polar surface area (TPSA) is 20.2 Å². The van der Waals surface area contributed by atoms with Gasteiger partial charge < -0.3 is 5.11 Å². The molecule has 1 aromatic rings. The lowest BCUT2D eigenvalue weighted by Crippen LogP contribution is -2.04. The molecule has 13 heavy (non-hydrogen) atoms. The van der Waals surface area contributed by atoms with Crippen LogP contribution in [-0.4, -0.2) is 11.7 Å². The molecule has 1 heteroatoms. The number of benzene rings is 1. The Balaban J connectivity index is 2.36. The molecule has 0 atom stereocenters. The van der Waals surface area contributed by atoms with Crippen molar-refractivity contribution in [2.24, 2.45) is 5.92 Å². The van der Waals surface area contributed by atoms with E-state index >= 15 is 0 Å². The van der Waals surface area contributed by atoms with Crippen LogP contribution in [0, 0.1) is 19.8 Å². The first-order valence-electron chi connectivity index (χ1n) is 4.90. The highest BCUT2D eigenvalue weighted by molar-refractivity contribution is 5.40. The van der Waals surface area contributed by atoms with Crippen LogP contribution in [-0.2, 0) is 12.8 Å². The lowest BCUT2D eigenvalue weighted by molar-refractivity contribution is 0.232. The second-order valence-electron chi connectivity index (χ2n) is 4.16. The molecule has 1 aliphatic carbocycles. The molecule has 1 nitrogen and oxygen atoms in total. The predicted molar refractivity (Wildman–Crippen MR) is 53.9 cm³/mol. The Morgan fingerprint density at radius 3 is 2.00 bits per heavy atom. The Hall–Kier alpha value is -0.820. The maximum absolute atomic E-state index is 9.08. The summed E-state index contributed by atoms with van der Waals surface area (Å²) in [5.74, 6) is 0.469. The number of aryl methyl sites for hydroxylation is 2. The first-order valence-corrected chi connectivity index (χ1v) is 4.90. The summed E-state index contributed by atoms with van der Waals surface area (Å²) >= 11 is 0. The van der Waals surface area contributed by atoms with E-state index in [1.807, 2.05) is 0 Å². The molecule has 1 aliphatic rings. The molecule has 1 N–H and O–H groups in total. The third-order valence-corrected chi connectivity index (χ3v) is 3.09. The third kappa shape index (κ3) is 1.49. The van der Waals surface area contributed by atoms with Crippen LogP contribution in [0.25, 0.3) is 0 Å². The van der Waals surface area contributed by atoms with Crippen molar-refractivity contribution in [1.29, 1.82) is 0 Å². The molecule has 70 valence electrons. The summed E-state index contributed by atoms with van der Waals surface area (Å²) in [6.07, 6.45) is 2.12. The standard InChI is InChI=1S/C12H16O/c1-8-3-11-5-10(7-13)6-12(11)4-9(8)2/h3-4,10,13H,5-7H2,1-2H3. The number of aliphatic hydroxyl groups is 1. The summed E-state index contributed by atoms with van der Waals surface area (Å²) in [4.78, 5) is 0. The van der Waals surface area contributed by atoms with Gasteiger partial charge >= 0.3 is 0 Å². The molecule has 0 bridgehead atoms. The average molecular weight is 176 g/mol. The Kier molecular flexibility index (Phi) is 2.12. The first-order chi connectivity index (χ1) is 6.20. The monoisotopic (exact) mass is 176 g/mol. The Morgan fingerprint density at radius 1 is 1.15 bits per heavy atom. The van der Waals surface area contributed by atoms with Gasteiger partial charge in [-0.1, -0.05) is 12.1 Å². The molecule has 0 saturated heterocycles. The number of hydrogen-bond donors (Lipinski definition) is 1. The predicted octanol–water partition coefficient (Wildman–Crippen LogP) is 2.01. The second kappa shape index (κ2) is 3.15. The molecule has 2 rings (SSSR count). The Morgan fingerprint density at radius 2 is 1.62 bits per heavy atom. The van der Waals surface area contributed by atoms with Gasteiger partial charge in [0.05, 0.1) is 0 Å². The average Bonchev–Trinajstić information content (AvgIpc) is 2.48. The minimum absolute atomic E-state index is 0.326. The van der Waals surface area contributed by atoms with Gasteiger partial charge in [0.25, 0.3) is 0 Å². The fraction of sp³-hybridized carbons (Fsp3) is 0.500. The zero-order valence-corrected chi connectivity index (χ0v) is 8.30. The molecule has 0 aliphatic heterocycles. The van der Waals surface area contributed by atoms with Crippen molar-refractivity contribution in [3.05, 3.63) is 34.4 Å². The lowest BCUT2D eigenvalue weighted by atomic mass is 10.0. The van der Waals surface area contributed by atoms with E-state index in [9.17, 15) is 0 Å². The van der Waals surface area contributed by atoms with Crippen LogP contribution in [0.15, 0.2) is 12.1 Å². The van der Waals surface area contributed by atoms with E-state index in [0.717, 1.165) is 12.8 Å². The fourth-order valence-electron chi connectivity index (χ4n) is 2.14. The van der Waals surface area contributed by atoms with Crippen LogP contribution in [0.2, 0.25) is 0 Å². The van der Waals surface area contributed by atoms with E-state index < -0.39 is 0 Å².